The second-order valence-corrected chi connectivity index (χ2v) is 4.98. The van der Waals surface area contributed by atoms with Gasteiger partial charge in [0.05, 0.1) is 6.61 Å². The number of ether oxygens (including phenoxy) is 1. The molecule has 0 bridgehead atoms. The number of amides is 2. The van der Waals surface area contributed by atoms with Gasteiger partial charge in [-0.2, -0.15) is 0 Å². The van der Waals surface area contributed by atoms with E-state index in [0.717, 1.165) is 12.2 Å². The van der Waals surface area contributed by atoms with E-state index in [-0.39, 0.29) is 12.5 Å². The van der Waals surface area contributed by atoms with Gasteiger partial charge in [-0.05, 0) is 37.3 Å². The molecule has 0 heterocycles. The summed E-state index contributed by atoms with van der Waals surface area (Å²) in [4.78, 5) is 35.1. The topological polar surface area (TPSA) is 84.5 Å². The molecule has 0 aliphatic heterocycles. The van der Waals surface area contributed by atoms with E-state index < -0.39 is 11.9 Å². The van der Waals surface area contributed by atoms with E-state index in [1.54, 1.807) is 55.5 Å². The lowest BCUT2D eigenvalue weighted by atomic mass is 10.2. The largest absolute Gasteiger partial charge is 0.463 e. The summed E-state index contributed by atoms with van der Waals surface area (Å²) in [5.74, 6) is -1.30. The van der Waals surface area contributed by atoms with Gasteiger partial charge in [0, 0.05) is 29.1 Å². The van der Waals surface area contributed by atoms with E-state index in [1.165, 1.54) is 0 Å². The molecule has 128 valence electrons. The van der Waals surface area contributed by atoms with Crippen LogP contribution in [-0.4, -0.2) is 24.4 Å². The minimum atomic E-state index is -0.582. The molecule has 0 radical (unpaired) electrons. The van der Waals surface area contributed by atoms with Crippen LogP contribution in [0.1, 0.15) is 17.3 Å². The van der Waals surface area contributed by atoms with Crippen molar-refractivity contribution in [2.24, 2.45) is 0 Å². The van der Waals surface area contributed by atoms with Crippen LogP contribution in [0.3, 0.4) is 0 Å². The highest BCUT2D eigenvalue weighted by atomic mass is 16.5. The molecule has 0 unspecified atom stereocenters. The molecule has 6 nitrogen and oxygen atoms in total. The Balaban J connectivity index is 1.98. The van der Waals surface area contributed by atoms with Crippen molar-refractivity contribution in [1.82, 2.24) is 0 Å². The number of benzene rings is 2. The predicted octanol–water partition coefficient (Wildman–Crippen LogP) is 3.00. The summed E-state index contributed by atoms with van der Waals surface area (Å²) in [5, 5.41) is 5.36. The number of hydrogen-bond donors (Lipinski definition) is 2. The second kappa shape index (κ2) is 9.02. The minimum absolute atomic E-state index is 0.244. The molecule has 25 heavy (non-hydrogen) atoms. The van der Waals surface area contributed by atoms with Crippen molar-refractivity contribution in [1.29, 1.82) is 0 Å². The summed E-state index contributed by atoms with van der Waals surface area (Å²) in [6.45, 7) is 1.93. The molecule has 0 saturated carbocycles. The number of carbonyl (C=O) groups is 3. The van der Waals surface area contributed by atoms with E-state index in [4.69, 9.17) is 4.74 Å². The quantitative estimate of drug-likeness (QED) is 0.626. The standard InChI is InChI=1S/C19H18N2O4/c1-2-25-18(23)12-11-17(22)20-15-9-6-10-16(13-15)21-19(24)14-7-4-3-5-8-14/h3-13H,2H2,1H3,(H,20,22)(H,21,24)/b12-11+. The first-order valence-electron chi connectivity index (χ1n) is 7.71. The summed E-state index contributed by atoms with van der Waals surface area (Å²) < 4.78 is 4.69. The van der Waals surface area contributed by atoms with E-state index >= 15 is 0 Å². The molecular formula is C19H18N2O4. The number of anilines is 2. The van der Waals surface area contributed by atoms with Crippen LogP contribution in [0.15, 0.2) is 66.7 Å². The third-order valence-electron chi connectivity index (χ3n) is 3.08. The van der Waals surface area contributed by atoms with Crippen LogP contribution >= 0.6 is 0 Å². The molecule has 0 fully saturated rings. The maximum atomic E-state index is 12.1. The Morgan fingerprint density at radius 3 is 2.28 bits per heavy atom. The van der Waals surface area contributed by atoms with E-state index in [0.29, 0.717) is 16.9 Å². The van der Waals surface area contributed by atoms with Crippen LogP contribution in [-0.2, 0) is 14.3 Å². The number of carbonyl (C=O) groups excluding carboxylic acids is 3. The first-order chi connectivity index (χ1) is 12.1. The van der Waals surface area contributed by atoms with Crippen LogP contribution in [0.2, 0.25) is 0 Å². The fourth-order valence-electron chi connectivity index (χ4n) is 1.99. The van der Waals surface area contributed by atoms with Crippen LogP contribution in [0.5, 0.6) is 0 Å². The molecule has 2 rings (SSSR count). The van der Waals surface area contributed by atoms with Crippen molar-refractivity contribution in [3.05, 3.63) is 72.3 Å². The summed E-state index contributed by atoms with van der Waals surface area (Å²) >= 11 is 0. The molecular weight excluding hydrogens is 320 g/mol. The molecule has 0 saturated heterocycles. The van der Waals surface area contributed by atoms with Gasteiger partial charge in [-0.25, -0.2) is 4.79 Å². The van der Waals surface area contributed by atoms with Gasteiger partial charge >= 0.3 is 5.97 Å². The molecule has 6 heteroatoms. The Morgan fingerprint density at radius 1 is 0.920 bits per heavy atom. The molecule has 2 amide bonds. The first kappa shape index (κ1) is 17.9. The lowest BCUT2D eigenvalue weighted by molar-refractivity contribution is -0.137. The highest BCUT2D eigenvalue weighted by Gasteiger charge is 2.06. The van der Waals surface area contributed by atoms with E-state index in [9.17, 15) is 14.4 Å². The van der Waals surface area contributed by atoms with Crippen LogP contribution in [0.25, 0.3) is 0 Å². The third-order valence-corrected chi connectivity index (χ3v) is 3.08. The zero-order valence-corrected chi connectivity index (χ0v) is 13.7. The summed E-state index contributed by atoms with van der Waals surface area (Å²) in [5.41, 5.74) is 1.57. The molecule has 0 atom stereocenters. The molecule has 0 aromatic heterocycles. The number of nitrogens with one attached hydrogen (secondary N) is 2. The van der Waals surface area contributed by atoms with Gasteiger partial charge in [0.2, 0.25) is 5.91 Å². The highest BCUT2D eigenvalue weighted by molar-refractivity contribution is 6.05. The number of hydrogen-bond acceptors (Lipinski definition) is 4. The zero-order valence-electron chi connectivity index (χ0n) is 13.7. The van der Waals surface area contributed by atoms with Crippen molar-refractivity contribution in [2.45, 2.75) is 6.92 Å². The minimum Gasteiger partial charge on any atom is -0.463 e. The first-order valence-corrected chi connectivity index (χ1v) is 7.71. The maximum Gasteiger partial charge on any atom is 0.330 e. The average Bonchev–Trinajstić information content (AvgIpc) is 2.61. The molecule has 0 aliphatic rings. The van der Waals surface area contributed by atoms with Gasteiger partial charge in [0.15, 0.2) is 0 Å². The Morgan fingerprint density at radius 2 is 1.60 bits per heavy atom. The average molecular weight is 338 g/mol. The van der Waals surface area contributed by atoms with E-state index in [2.05, 4.69) is 10.6 Å². The maximum absolute atomic E-state index is 12.1. The SMILES string of the molecule is CCOC(=O)/C=C/C(=O)Nc1cccc(NC(=O)c2ccccc2)c1. The lowest BCUT2D eigenvalue weighted by Crippen LogP contribution is -2.13. The fourth-order valence-corrected chi connectivity index (χ4v) is 1.99. The molecule has 2 aromatic rings. The van der Waals surface area contributed by atoms with E-state index in [1.807, 2.05) is 6.07 Å². The van der Waals surface area contributed by atoms with Gasteiger partial charge in [-0.3, -0.25) is 9.59 Å². The van der Waals surface area contributed by atoms with Gasteiger partial charge in [-0.15, -0.1) is 0 Å². The van der Waals surface area contributed by atoms with Gasteiger partial charge in [0.25, 0.3) is 5.91 Å². The number of esters is 1. The Kier molecular flexibility index (Phi) is 6.47. The molecule has 0 spiro atoms. The van der Waals surface area contributed by atoms with Crippen molar-refractivity contribution in [3.63, 3.8) is 0 Å². The second-order valence-electron chi connectivity index (χ2n) is 4.98. The van der Waals surface area contributed by atoms with Crippen molar-refractivity contribution >= 4 is 29.2 Å². The summed E-state index contributed by atoms with van der Waals surface area (Å²) in [6.07, 6.45) is 2.15. The molecule has 2 N–H and O–H groups in total. The summed E-state index contributed by atoms with van der Waals surface area (Å²) in [6, 6.07) is 15.5. The van der Waals surface area contributed by atoms with Crippen LogP contribution in [0, 0.1) is 0 Å². The van der Waals surface area contributed by atoms with Crippen molar-refractivity contribution in [3.8, 4) is 0 Å². The van der Waals surface area contributed by atoms with Gasteiger partial charge < -0.3 is 15.4 Å². The zero-order chi connectivity index (χ0) is 18.1. The smallest absolute Gasteiger partial charge is 0.330 e. The Bertz CT molecular complexity index is 785. The number of rotatable bonds is 6. The normalized spacial score (nSPS) is 10.3. The van der Waals surface area contributed by atoms with Crippen molar-refractivity contribution in [2.75, 3.05) is 17.2 Å². The third kappa shape index (κ3) is 5.95. The van der Waals surface area contributed by atoms with Crippen molar-refractivity contribution < 1.29 is 19.1 Å². The van der Waals surface area contributed by atoms with Gasteiger partial charge in [0.1, 0.15) is 0 Å². The predicted molar refractivity (Wildman–Crippen MR) is 95.2 cm³/mol. The van der Waals surface area contributed by atoms with Gasteiger partial charge in [-0.1, -0.05) is 24.3 Å². The summed E-state index contributed by atoms with van der Waals surface area (Å²) in [7, 11) is 0. The highest BCUT2D eigenvalue weighted by Crippen LogP contribution is 2.16. The lowest BCUT2D eigenvalue weighted by Gasteiger charge is -2.08. The molecule has 2 aromatic carbocycles. The molecule has 0 aliphatic carbocycles. The Hall–Kier alpha value is -3.41. The fraction of sp³-hybridized carbons (Fsp3) is 0.105. The van der Waals surface area contributed by atoms with Crippen LogP contribution in [0.4, 0.5) is 11.4 Å². The Labute approximate surface area is 145 Å². The van der Waals surface area contributed by atoms with Crippen LogP contribution < -0.4 is 10.6 Å². The monoisotopic (exact) mass is 338 g/mol.